The molecule has 1 aromatic carbocycles. The molecule has 1 rings (SSSR count). The molecule has 2 N–H and O–H groups in total. The number of rotatable bonds is 5. The van der Waals surface area contributed by atoms with Gasteiger partial charge in [-0.25, -0.2) is 4.79 Å². The minimum Gasteiger partial charge on any atom is -0.481 e. The lowest BCUT2D eigenvalue weighted by Crippen LogP contribution is -2.41. The minimum atomic E-state index is -0.946. The molecule has 0 heterocycles. The second-order valence-corrected chi connectivity index (χ2v) is 5.30. The summed E-state index contributed by atoms with van der Waals surface area (Å²) in [5.74, 6) is -0.946. The van der Waals surface area contributed by atoms with Crippen LogP contribution in [0, 0.1) is 0 Å². The second kappa shape index (κ2) is 7.36. The van der Waals surface area contributed by atoms with Gasteiger partial charge in [0.05, 0.1) is 16.5 Å². The monoisotopic (exact) mass is 318 g/mol. The van der Waals surface area contributed by atoms with Crippen molar-refractivity contribution in [3.05, 3.63) is 28.2 Å². The Morgan fingerprint density at radius 3 is 2.45 bits per heavy atom. The summed E-state index contributed by atoms with van der Waals surface area (Å²) in [6, 6.07) is 4.26. The summed E-state index contributed by atoms with van der Waals surface area (Å²) in [6.07, 6.45) is -0.104. The van der Waals surface area contributed by atoms with Crippen LogP contribution in [0.5, 0.6) is 0 Å². The fourth-order valence-electron chi connectivity index (χ4n) is 1.58. The van der Waals surface area contributed by atoms with E-state index >= 15 is 0 Å². The summed E-state index contributed by atoms with van der Waals surface area (Å²) >= 11 is 11.7. The standard InChI is InChI=1S/C13H16Cl2N2O3/c1-8(2)17(6-5-12(18)19)13(20)16-9-3-4-10(14)11(15)7-9/h3-4,7-8H,5-6H2,1-2H3,(H,16,20)(H,18,19). The zero-order valence-electron chi connectivity index (χ0n) is 11.2. The van der Waals surface area contributed by atoms with Crippen LogP contribution in [-0.2, 0) is 4.79 Å². The highest BCUT2D eigenvalue weighted by atomic mass is 35.5. The molecule has 2 amide bonds. The Morgan fingerprint density at radius 2 is 1.95 bits per heavy atom. The van der Waals surface area contributed by atoms with Crippen LogP contribution in [0.1, 0.15) is 20.3 Å². The Hall–Kier alpha value is -1.46. The van der Waals surface area contributed by atoms with Crippen LogP contribution < -0.4 is 5.32 Å². The van der Waals surface area contributed by atoms with Gasteiger partial charge in [-0.1, -0.05) is 23.2 Å². The van der Waals surface area contributed by atoms with Crippen LogP contribution in [0.3, 0.4) is 0 Å². The van der Waals surface area contributed by atoms with E-state index in [1.54, 1.807) is 12.1 Å². The number of hydrogen-bond acceptors (Lipinski definition) is 2. The summed E-state index contributed by atoms with van der Waals surface area (Å²) in [6.45, 7) is 3.77. The van der Waals surface area contributed by atoms with Crippen LogP contribution >= 0.6 is 23.2 Å². The van der Waals surface area contributed by atoms with Gasteiger partial charge in [0, 0.05) is 18.3 Å². The fourth-order valence-corrected chi connectivity index (χ4v) is 1.88. The first-order valence-corrected chi connectivity index (χ1v) is 6.81. The first-order valence-electron chi connectivity index (χ1n) is 6.05. The van der Waals surface area contributed by atoms with Crippen LogP contribution in [0.25, 0.3) is 0 Å². The number of halogens is 2. The fraction of sp³-hybridized carbons (Fsp3) is 0.385. The van der Waals surface area contributed by atoms with Gasteiger partial charge < -0.3 is 15.3 Å². The van der Waals surface area contributed by atoms with Crippen molar-refractivity contribution in [3.8, 4) is 0 Å². The number of nitrogens with zero attached hydrogens (tertiary/aromatic N) is 1. The van der Waals surface area contributed by atoms with Gasteiger partial charge in [-0.15, -0.1) is 0 Å². The predicted octanol–water partition coefficient (Wildman–Crippen LogP) is 3.71. The third-order valence-electron chi connectivity index (χ3n) is 2.62. The number of benzene rings is 1. The molecule has 5 nitrogen and oxygen atoms in total. The van der Waals surface area contributed by atoms with E-state index in [4.69, 9.17) is 28.3 Å². The van der Waals surface area contributed by atoms with Crippen molar-refractivity contribution in [2.24, 2.45) is 0 Å². The van der Waals surface area contributed by atoms with Crippen molar-refractivity contribution in [1.82, 2.24) is 4.90 Å². The summed E-state index contributed by atoms with van der Waals surface area (Å²) < 4.78 is 0. The quantitative estimate of drug-likeness (QED) is 0.869. The maximum absolute atomic E-state index is 12.1. The molecule has 0 unspecified atom stereocenters. The van der Waals surface area contributed by atoms with E-state index < -0.39 is 5.97 Å². The maximum Gasteiger partial charge on any atom is 0.322 e. The Balaban J connectivity index is 2.74. The number of carbonyl (C=O) groups excluding carboxylic acids is 1. The lowest BCUT2D eigenvalue weighted by Gasteiger charge is -2.26. The number of aliphatic carboxylic acids is 1. The zero-order chi connectivity index (χ0) is 15.3. The van der Waals surface area contributed by atoms with Gasteiger partial charge >= 0.3 is 12.0 Å². The molecule has 0 aliphatic heterocycles. The Labute approximate surface area is 127 Å². The van der Waals surface area contributed by atoms with E-state index in [1.807, 2.05) is 13.8 Å². The maximum atomic E-state index is 12.1. The van der Waals surface area contributed by atoms with Crippen molar-refractivity contribution in [3.63, 3.8) is 0 Å². The number of anilines is 1. The molecule has 0 bridgehead atoms. The number of carboxylic acid groups (broad SMARTS) is 1. The Morgan fingerprint density at radius 1 is 1.30 bits per heavy atom. The van der Waals surface area contributed by atoms with E-state index in [-0.39, 0.29) is 25.0 Å². The number of amides is 2. The lowest BCUT2D eigenvalue weighted by atomic mass is 10.3. The van der Waals surface area contributed by atoms with Gasteiger partial charge in [0.15, 0.2) is 0 Å². The first kappa shape index (κ1) is 16.6. The average molecular weight is 319 g/mol. The molecular weight excluding hydrogens is 303 g/mol. The van der Waals surface area contributed by atoms with Gasteiger partial charge in [-0.05, 0) is 32.0 Å². The smallest absolute Gasteiger partial charge is 0.322 e. The highest BCUT2D eigenvalue weighted by Crippen LogP contribution is 2.25. The third kappa shape index (κ3) is 4.90. The molecule has 0 radical (unpaired) electrons. The topological polar surface area (TPSA) is 69.6 Å². The zero-order valence-corrected chi connectivity index (χ0v) is 12.7. The molecule has 0 fully saturated rings. The molecule has 110 valence electrons. The molecule has 0 aliphatic carbocycles. The highest BCUT2D eigenvalue weighted by Gasteiger charge is 2.18. The van der Waals surface area contributed by atoms with Gasteiger partial charge in [-0.3, -0.25) is 4.79 Å². The first-order chi connectivity index (χ1) is 9.31. The average Bonchev–Trinajstić information content (AvgIpc) is 2.33. The molecule has 0 aromatic heterocycles. The Kier molecular flexibility index (Phi) is 6.10. The van der Waals surface area contributed by atoms with Crippen LogP contribution in [0.2, 0.25) is 10.0 Å². The molecule has 0 atom stereocenters. The van der Waals surface area contributed by atoms with Gasteiger partial charge in [0.1, 0.15) is 0 Å². The van der Waals surface area contributed by atoms with Crippen LogP contribution in [-0.4, -0.2) is 34.6 Å². The largest absolute Gasteiger partial charge is 0.481 e. The van der Waals surface area contributed by atoms with Crippen LogP contribution in [0.4, 0.5) is 10.5 Å². The van der Waals surface area contributed by atoms with Gasteiger partial charge in [-0.2, -0.15) is 0 Å². The number of hydrogen-bond donors (Lipinski definition) is 2. The Bertz CT molecular complexity index is 506. The lowest BCUT2D eigenvalue weighted by molar-refractivity contribution is -0.137. The van der Waals surface area contributed by atoms with Crippen molar-refractivity contribution in [2.45, 2.75) is 26.3 Å². The molecule has 0 spiro atoms. The SMILES string of the molecule is CC(C)N(CCC(=O)O)C(=O)Nc1ccc(Cl)c(Cl)c1. The molecule has 0 aliphatic rings. The summed E-state index contributed by atoms with van der Waals surface area (Å²) in [7, 11) is 0. The van der Waals surface area contributed by atoms with Crippen molar-refractivity contribution in [1.29, 1.82) is 0 Å². The molecule has 0 saturated carbocycles. The molecule has 20 heavy (non-hydrogen) atoms. The van der Waals surface area contributed by atoms with Crippen molar-refractivity contribution in [2.75, 3.05) is 11.9 Å². The molecule has 7 heteroatoms. The van der Waals surface area contributed by atoms with E-state index in [1.165, 1.54) is 11.0 Å². The van der Waals surface area contributed by atoms with Gasteiger partial charge in [0.2, 0.25) is 0 Å². The number of nitrogens with one attached hydrogen (secondary N) is 1. The third-order valence-corrected chi connectivity index (χ3v) is 3.36. The molecule has 0 saturated heterocycles. The number of carbonyl (C=O) groups is 2. The number of carboxylic acids is 1. The van der Waals surface area contributed by atoms with E-state index in [0.717, 1.165) is 0 Å². The van der Waals surface area contributed by atoms with E-state index in [0.29, 0.717) is 15.7 Å². The molecular formula is C13H16Cl2N2O3. The molecule has 1 aromatic rings. The van der Waals surface area contributed by atoms with Crippen molar-refractivity contribution < 1.29 is 14.7 Å². The second-order valence-electron chi connectivity index (χ2n) is 4.49. The van der Waals surface area contributed by atoms with E-state index in [2.05, 4.69) is 5.32 Å². The van der Waals surface area contributed by atoms with Gasteiger partial charge in [0.25, 0.3) is 0 Å². The minimum absolute atomic E-state index is 0.104. The highest BCUT2D eigenvalue weighted by molar-refractivity contribution is 6.42. The van der Waals surface area contributed by atoms with Crippen molar-refractivity contribution >= 4 is 40.9 Å². The van der Waals surface area contributed by atoms with Crippen LogP contribution in [0.15, 0.2) is 18.2 Å². The summed E-state index contributed by atoms with van der Waals surface area (Å²) in [5.41, 5.74) is 0.505. The summed E-state index contributed by atoms with van der Waals surface area (Å²) in [5, 5.41) is 12.1. The predicted molar refractivity (Wildman–Crippen MR) is 79.6 cm³/mol. The summed E-state index contributed by atoms with van der Waals surface area (Å²) in [4.78, 5) is 24.1. The normalized spacial score (nSPS) is 10.4. The van der Waals surface area contributed by atoms with E-state index in [9.17, 15) is 9.59 Å². The number of urea groups is 1.